The first-order chi connectivity index (χ1) is 15.4. The van der Waals surface area contributed by atoms with Crippen molar-refractivity contribution < 1.29 is 13.9 Å². The standard InChI is InChI=1S/C20H24FN9O2/c1-10(22)16(11-3-4-11)27-19-14(21)8-13(17(23)31)18(28-19)26-12-7-15(20(32-2)24-9-12)30-6-5-25-29-30/h5-11,16H,3-4,22H2,1-2H3,(H2,23,31)(H2,26,27,28)/t10-,16-/m0/s1. The van der Waals surface area contributed by atoms with E-state index in [0.717, 1.165) is 18.9 Å². The molecule has 4 rings (SSSR count). The van der Waals surface area contributed by atoms with Crippen LogP contribution in [0.2, 0.25) is 0 Å². The van der Waals surface area contributed by atoms with Crippen LogP contribution in [0.1, 0.15) is 30.1 Å². The third-order valence-corrected chi connectivity index (χ3v) is 5.20. The summed E-state index contributed by atoms with van der Waals surface area (Å²) in [6, 6.07) is 2.40. The van der Waals surface area contributed by atoms with Crippen molar-refractivity contribution in [3.8, 4) is 11.6 Å². The van der Waals surface area contributed by atoms with E-state index in [0.29, 0.717) is 23.2 Å². The molecule has 1 amide bonds. The molecule has 0 aliphatic heterocycles. The Labute approximate surface area is 183 Å². The molecule has 2 atom stereocenters. The van der Waals surface area contributed by atoms with E-state index in [1.165, 1.54) is 24.2 Å². The number of nitrogens with zero attached hydrogens (tertiary/aromatic N) is 5. The van der Waals surface area contributed by atoms with Crippen LogP contribution in [0.25, 0.3) is 5.69 Å². The summed E-state index contributed by atoms with van der Waals surface area (Å²) < 4.78 is 21.5. The van der Waals surface area contributed by atoms with Gasteiger partial charge in [-0.05, 0) is 37.8 Å². The molecule has 0 unspecified atom stereocenters. The van der Waals surface area contributed by atoms with Crippen molar-refractivity contribution in [3.63, 3.8) is 0 Å². The van der Waals surface area contributed by atoms with E-state index in [4.69, 9.17) is 16.2 Å². The number of ether oxygens (including phenoxy) is 1. The molecule has 0 bridgehead atoms. The van der Waals surface area contributed by atoms with E-state index < -0.39 is 11.7 Å². The van der Waals surface area contributed by atoms with E-state index >= 15 is 0 Å². The number of primary amides is 1. The number of amides is 1. The Morgan fingerprint density at radius 2 is 2.12 bits per heavy atom. The van der Waals surface area contributed by atoms with E-state index in [9.17, 15) is 9.18 Å². The molecular formula is C20H24FN9O2. The molecular weight excluding hydrogens is 417 g/mol. The van der Waals surface area contributed by atoms with Crippen LogP contribution in [-0.2, 0) is 0 Å². The minimum Gasteiger partial charge on any atom is -0.479 e. The molecule has 32 heavy (non-hydrogen) atoms. The second-order valence-corrected chi connectivity index (χ2v) is 7.67. The highest BCUT2D eigenvalue weighted by molar-refractivity contribution is 5.98. The minimum absolute atomic E-state index is 0.00956. The number of aromatic nitrogens is 5. The molecule has 0 aromatic carbocycles. The molecule has 1 fully saturated rings. The van der Waals surface area contributed by atoms with Gasteiger partial charge in [0.25, 0.3) is 5.91 Å². The van der Waals surface area contributed by atoms with Crippen LogP contribution in [0.4, 0.5) is 21.7 Å². The van der Waals surface area contributed by atoms with Gasteiger partial charge in [-0.1, -0.05) is 5.21 Å². The van der Waals surface area contributed by atoms with Gasteiger partial charge in [-0.3, -0.25) is 4.79 Å². The van der Waals surface area contributed by atoms with Crippen molar-refractivity contribution in [2.45, 2.75) is 31.8 Å². The lowest BCUT2D eigenvalue weighted by Crippen LogP contribution is -2.40. The van der Waals surface area contributed by atoms with Gasteiger partial charge in [0.15, 0.2) is 11.6 Å². The average Bonchev–Trinajstić information content (AvgIpc) is 3.45. The highest BCUT2D eigenvalue weighted by atomic mass is 19.1. The normalized spacial score (nSPS) is 15.1. The number of carbonyl (C=O) groups is 1. The van der Waals surface area contributed by atoms with Crippen molar-refractivity contribution in [1.82, 2.24) is 25.0 Å². The smallest absolute Gasteiger partial charge is 0.252 e. The minimum atomic E-state index is -0.825. The lowest BCUT2D eigenvalue weighted by molar-refractivity contribution is 0.100. The van der Waals surface area contributed by atoms with Gasteiger partial charge in [0, 0.05) is 12.1 Å². The fourth-order valence-electron chi connectivity index (χ4n) is 3.47. The van der Waals surface area contributed by atoms with Crippen molar-refractivity contribution in [2.75, 3.05) is 17.7 Å². The molecule has 3 aromatic rings. The molecule has 1 aliphatic rings. The second kappa shape index (κ2) is 8.75. The number of methoxy groups -OCH3 is 1. The molecule has 12 heteroatoms. The number of hydrogen-bond acceptors (Lipinski definition) is 9. The van der Waals surface area contributed by atoms with E-state index in [-0.39, 0.29) is 29.3 Å². The number of anilines is 3. The van der Waals surface area contributed by atoms with Crippen LogP contribution in [0.15, 0.2) is 30.7 Å². The van der Waals surface area contributed by atoms with Gasteiger partial charge in [-0.15, -0.1) is 5.10 Å². The Morgan fingerprint density at radius 1 is 1.34 bits per heavy atom. The molecule has 3 aromatic heterocycles. The van der Waals surface area contributed by atoms with Crippen molar-refractivity contribution in [1.29, 1.82) is 0 Å². The summed E-state index contributed by atoms with van der Waals surface area (Å²) in [4.78, 5) is 20.5. The topological polar surface area (TPSA) is 159 Å². The maximum atomic E-state index is 14.7. The van der Waals surface area contributed by atoms with E-state index in [1.54, 1.807) is 12.3 Å². The zero-order valence-corrected chi connectivity index (χ0v) is 17.6. The average molecular weight is 441 g/mol. The van der Waals surface area contributed by atoms with E-state index in [1.807, 2.05) is 6.92 Å². The van der Waals surface area contributed by atoms with Crippen LogP contribution in [-0.4, -0.2) is 50.1 Å². The van der Waals surface area contributed by atoms with Gasteiger partial charge in [-0.2, -0.15) is 0 Å². The van der Waals surface area contributed by atoms with Crippen molar-refractivity contribution in [2.24, 2.45) is 17.4 Å². The molecule has 1 saturated carbocycles. The molecule has 0 radical (unpaired) electrons. The Bertz CT molecular complexity index is 1110. The van der Waals surface area contributed by atoms with Crippen LogP contribution in [0.5, 0.6) is 5.88 Å². The van der Waals surface area contributed by atoms with Gasteiger partial charge in [0.2, 0.25) is 5.88 Å². The first-order valence-corrected chi connectivity index (χ1v) is 10.1. The summed E-state index contributed by atoms with van der Waals surface area (Å²) in [5.41, 5.74) is 12.4. The highest BCUT2D eigenvalue weighted by Crippen LogP contribution is 2.36. The van der Waals surface area contributed by atoms with Crippen molar-refractivity contribution >= 4 is 23.2 Å². The first kappa shape index (κ1) is 21.4. The first-order valence-electron chi connectivity index (χ1n) is 10.1. The van der Waals surface area contributed by atoms with Gasteiger partial charge >= 0.3 is 0 Å². The zero-order chi connectivity index (χ0) is 22.8. The summed E-state index contributed by atoms with van der Waals surface area (Å²) in [5.74, 6) is -0.766. The number of nitrogens with one attached hydrogen (secondary N) is 2. The summed E-state index contributed by atoms with van der Waals surface area (Å²) in [5, 5.41) is 13.8. The van der Waals surface area contributed by atoms with Gasteiger partial charge < -0.3 is 26.8 Å². The van der Waals surface area contributed by atoms with Crippen LogP contribution >= 0.6 is 0 Å². The molecule has 1 aliphatic carbocycles. The molecule has 0 saturated heterocycles. The predicted molar refractivity (Wildman–Crippen MR) is 115 cm³/mol. The summed E-state index contributed by atoms with van der Waals surface area (Å²) in [6.45, 7) is 1.86. The van der Waals surface area contributed by atoms with E-state index in [2.05, 4.69) is 30.9 Å². The number of hydrogen-bond donors (Lipinski definition) is 4. The summed E-state index contributed by atoms with van der Waals surface area (Å²) >= 11 is 0. The number of halogens is 1. The molecule has 11 nitrogen and oxygen atoms in total. The fraction of sp³-hybridized carbons (Fsp3) is 0.350. The van der Waals surface area contributed by atoms with Crippen LogP contribution < -0.4 is 26.8 Å². The van der Waals surface area contributed by atoms with Gasteiger partial charge in [-0.25, -0.2) is 19.0 Å². The Balaban J connectivity index is 1.69. The Kier molecular flexibility index (Phi) is 5.86. The largest absolute Gasteiger partial charge is 0.479 e. The SMILES string of the molecule is COc1ncc(Nc2nc(N[C@H](C3CC3)[C@H](C)N)c(F)cc2C(N)=O)cc1-n1ccnn1. The monoisotopic (exact) mass is 441 g/mol. The fourth-order valence-corrected chi connectivity index (χ4v) is 3.47. The van der Waals surface area contributed by atoms with Crippen molar-refractivity contribution in [3.05, 3.63) is 42.1 Å². The third kappa shape index (κ3) is 4.44. The maximum Gasteiger partial charge on any atom is 0.252 e. The third-order valence-electron chi connectivity index (χ3n) is 5.20. The molecule has 6 N–H and O–H groups in total. The number of pyridine rings is 2. The lowest BCUT2D eigenvalue weighted by Gasteiger charge is -2.23. The predicted octanol–water partition coefficient (Wildman–Crippen LogP) is 1.59. The molecule has 3 heterocycles. The summed E-state index contributed by atoms with van der Waals surface area (Å²) in [6.07, 6.45) is 6.67. The Morgan fingerprint density at radius 3 is 2.72 bits per heavy atom. The number of rotatable bonds is 9. The number of carbonyl (C=O) groups excluding carboxylic acids is 1. The zero-order valence-electron chi connectivity index (χ0n) is 17.6. The summed E-state index contributed by atoms with van der Waals surface area (Å²) in [7, 11) is 1.48. The Hall–Kier alpha value is -3.80. The second-order valence-electron chi connectivity index (χ2n) is 7.67. The van der Waals surface area contributed by atoms with Crippen LogP contribution in [0.3, 0.4) is 0 Å². The quantitative estimate of drug-likeness (QED) is 0.387. The lowest BCUT2D eigenvalue weighted by atomic mass is 10.1. The molecule has 0 spiro atoms. The van der Waals surface area contributed by atoms with Gasteiger partial charge in [0.05, 0.1) is 37.0 Å². The highest BCUT2D eigenvalue weighted by Gasteiger charge is 2.34. The molecule has 168 valence electrons. The maximum absolute atomic E-state index is 14.7. The van der Waals surface area contributed by atoms with Crippen LogP contribution in [0, 0.1) is 11.7 Å². The van der Waals surface area contributed by atoms with Gasteiger partial charge in [0.1, 0.15) is 11.5 Å². The number of nitrogens with two attached hydrogens (primary N) is 2.